The molecule has 2 aliphatic rings. The number of aromatic nitrogens is 2. The zero-order chi connectivity index (χ0) is 15.2. The molecule has 0 saturated carbocycles. The predicted octanol–water partition coefficient (Wildman–Crippen LogP) is 1.77. The van der Waals surface area contributed by atoms with Gasteiger partial charge in [0.25, 0.3) is 0 Å². The predicted molar refractivity (Wildman–Crippen MR) is 77.5 cm³/mol. The van der Waals surface area contributed by atoms with Crippen molar-refractivity contribution >= 4 is 15.8 Å². The van der Waals surface area contributed by atoms with Gasteiger partial charge in [-0.25, -0.2) is 18.2 Å². The minimum absolute atomic E-state index is 0.0608. The Morgan fingerprint density at radius 2 is 1.95 bits per heavy atom. The lowest BCUT2D eigenvalue weighted by atomic mass is 9.95. The van der Waals surface area contributed by atoms with Gasteiger partial charge in [0.15, 0.2) is 5.69 Å². The van der Waals surface area contributed by atoms with Crippen LogP contribution < -0.4 is 0 Å². The molecule has 1 atom stereocenters. The molecule has 6 nitrogen and oxygen atoms in total. The Morgan fingerprint density at radius 3 is 2.57 bits per heavy atom. The van der Waals surface area contributed by atoms with E-state index < -0.39 is 15.8 Å². The lowest BCUT2D eigenvalue weighted by molar-refractivity contribution is 0.0688. The van der Waals surface area contributed by atoms with Crippen molar-refractivity contribution in [3.8, 4) is 0 Å². The molecule has 1 fully saturated rings. The molecule has 3 heterocycles. The van der Waals surface area contributed by atoms with E-state index >= 15 is 0 Å². The van der Waals surface area contributed by atoms with Crippen molar-refractivity contribution in [3.05, 3.63) is 17.2 Å². The molecule has 0 spiro atoms. The highest BCUT2D eigenvalue weighted by Crippen LogP contribution is 2.36. The summed E-state index contributed by atoms with van der Waals surface area (Å²) in [4.78, 5) is 15.8. The summed E-state index contributed by atoms with van der Waals surface area (Å²) in [6.45, 7) is 2.83. The molecule has 0 aromatic carbocycles. The van der Waals surface area contributed by atoms with Gasteiger partial charge in [0.2, 0.25) is 0 Å². The number of hydrogen-bond acceptors (Lipinski definition) is 4. The van der Waals surface area contributed by atoms with Gasteiger partial charge in [-0.15, -0.1) is 0 Å². The molecule has 1 aromatic heterocycles. The van der Waals surface area contributed by atoms with E-state index in [0.717, 1.165) is 30.9 Å². The van der Waals surface area contributed by atoms with E-state index in [1.165, 1.54) is 0 Å². The Bertz CT molecular complexity index is 663. The molecule has 1 aromatic rings. The average Bonchev–Trinajstić information content (AvgIpc) is 2.80. The zero-order valence-electron chi connectivity index (χ0n) is 12.1. The molecule has 1 saturated heterocycles. The standard InChI is InChI=1S/C14H20N2O4S/c1-9-3-2-6-16-12(9)11(14(17)18)15-13(16)10-4-7-21(19,20)8-5-10/h9-10H,2-8H2,1H3,(H,17,18). The molecule has 7 heteroatoms. The van der Waals surface area contributed by atoms with Crippen molar-refractivity contribution in [1.29, 1.82) is 0 Å². The van der Waals surface area contributed by atoms with Crippen molar-refractivity contribution in [3.63, 3.8) is 0 Å². The summed E-state index contributed by atoms with van der Waals surface area (Å²) < 4.78 is 25.2. The van der Waals surface area contributed by atoms with Crippen molar-refractivity contribution < 1.29 is 18.3 Å². The monoisotopic (exact) mass is 312 g/mol. The van der Waals surface area contributed by atoms with Crippen LogP contribution in [0.4, 0.5) is 0 Å². The quantitative estimate of drug-likeness (QED) is 0.899. The second kappa shape index (κ2) is 5.12. The molecule has 116 valence electrons. The van der Waals surface area contributed by atoms with Crippen LogP contribution in [0, 0.1) is 0 Å². The molecule has 1 unspecified atom stereocenters. The maximum atomic E-state index is 11.6. The largest absolute Gasteiger partial charge is 0.476 e. The Hall–Kier alpha value is -1.37. The number of carboxylic acid groups (broad SMARTS) is 1. The number of carbonyl (C=O) groups is 1. The van der Waals surface area contributed by atoms with Gasteiger partial charge in [-0.3, -0.25) is 0 Å². The first-order valence-electron chi connectivity index (χ1n) is 7.43. The number of rotatable bonds is 2. The lowest BCUT2D eigenvalue weighted by Gasteiger charge is -2.26. The topological polar surface area (TPSA) is 89.3 Å². The molecular weight excluding hydrogens is 292 g/mol. The molecule has 0 radical (unpaired) electrons. The maximum Gasteiger partial charge on any atom is 0.356 e. The van der Waals surface area contributed by atoms with E-state index in [1.807, 2.05) is 11.5 Å². The zero-order valence-corrected chi connectivity index (χ0v) is 12.9. The van der Waals surface area contributed by atoms with Crippen LogP contribution in [0.25, 0.3) is 0 Å². The van der Waals surface area contributed by atoms with E-state index in [1.54, 1.807) is 0 Å². The second-order valence-electron chi connectivity index (χ2n) is 6.13. The first-order chi connectivity index (χ1) is 9.89. The van der Waals surface area contributed by atoms with Crippen molar-refractivity contribution in [2.75, 3.05) is 11.5 Å². The molecule has 3 rings (SSSR count). The van der Waals surface area contributed by atoms with Gasteiger partial charge < -0.3 is 9.67 Å². The Morgan fingerprint density at radius 1 is 1.29 bits per heavy atom. The third kappa shape index (κ3) is 2.59. The van der Waals surface area contributed by atoms with Crippen LogP contribution >= 0.6 is 0 Å². The smallest absolute Gasteiger partial charge is 0.356 e. The number of carboxylic acids is 1. The van der Waals surface area contributed by atoms with Crippen LogP contribution in [0.5, 0.6) is 0 Å². The van der Waals surface area contributed by atoms with Gasteiger partial charge in [-0.05, 0) is 31.6 Å². The van der Waals surface area contributed by atoms with Crippen molar-refractivity contribution in [2.45, 2.75) is 51.0 Å². The van der Waals surface area contributed by atoms with Gasteiger partial charge in [0.05, 0.1) is 17.2 Å². The van der Waals surface area contributed by atoms with Crippen LogP contribution in [-0.2, 0) is 16.4 Å². The van der Waals surface area contributed by atoms with Crippen LogP contribution in [0.15, 0.2) is 0 Å². The fourth-order valence-corrected chi connectivity index (χ4v) is 5.02. The third-order valence-corrected chi connectivity index (χ3v) is 6.36. The second-order valence-corrected chi connectivity index (χ2v) is 8.43. The van der Waals surface area contributed by atoms with E-state index in [-0.39, 0.29) is 29.0 Å². The normalized spacial score (nSPS) is 25.5. The number of nitrogens with zero attached hydrogens (tertiary/aromatic N) is 2. The summed E-state index contributed by atoms with van der Waals surface area (Å²) >= 11 is 0. The van der Waals surface area contributed by atoms with Crippen LogP contribution in [0.2, 0.25) is 0 Å². The van der Waals surface area contributed by atoms with Crippen LogP contribution in [-0.4, -0.2) is 40.6 Å². The van der Waals surface area contributed by atoms with Gasteiger partial charge in [0.1, 0.15) is 15.7 Å². The molecule has 21 heavy (non-hydrogen) atoms. The van der Waals surface area contributed by atoms with E-state index in [4.69, 9.17) is 0 Å². The Kier molecular flexibility index (Phi) is 3.55. The number of hydrogen-bond donors (Lipinski definition) is 1. The van der Waals surface area contributed by atoms with E-state index in [2.05, 4.69) is 4.98 Å². The van der Waals surface area contributed by atoms with Gasteiger partial charge in [-0.2, -0.15) is 0 Å². The van der Waals surface area contributed by atoms with Crippen molar-refractivity contribution in [1.82, 2.24) is 9.55 Å². The highest BCUT2D eigenvalue weighted by Gasteiger charge is 2.33. The Balaban J connectivity index is 2.00. The number of fused-ring (bicyclic) bond motifs is 1. The van der Waals surface area contributed by atoms with Gasteiger partial charge in [-0.1, -0.05) is 6.92 Å². The summed E-state index contributed by atoms with van der Waals surface area (Å²) in [5.41, 5.74) is 0.975. The number of aromatic carboxylic acids is 1. The molecular formula is C14H20N2O4S. The number of sulfone groups is 1. The molecule has 0 aliphatic carbocycles. The van der Waals surface area contributed by atoms with Gasteiger partial charge in [0, 0.05) is 12.5 Å². The fourth-order valence-electron chi connectivity index (χ4n) is 3.53. The minimum atomic E-state index is -2.92. The SMILES string of the molecule is CC1CCCn2c(C3CCS(=O)(=O)CC3)nc(C(=O)O)c21. The highest BCUT2D eigenvalue weighted by atomic mass is 32.2. The fraction of sp³-hybridized carbons (Fsp3) is 0.714. The first-order valence-corrected chi connectivity index (χ1v) is 9.25. The summed E-state index contributed by atoms with van der Waals surface area (Å²) in [5.74, 6) is 0.408. The van der Waals surface area contributed by atoms with Crippen LogP contribution in [0.3, 0.4) is 0 Å². The molecule has 0 amide bonds. The summed E-state index contributed by atoms with van der Waals surface area (Å²) in [6, 6.07) is 0. The third-order valence-electron chi connectivity index (χ3n) is 4.64. The lowest BCUT2D eigenvalue weighted by Crippen LogP contribution is -2.25. The molecule has 0 bridgehead atoms. The van der Waals surface area contributed by atoms with Crippen molar-refractivity contribution in [2.24, 2.45) is 0 Å². The first kappa shape index (κ1) is 14.6. The number of imidazole rings is 1. The summed E-state index contributed by atoms with van der Waals surface area (Å²) in [5, 5.41) is 9.38. The molecule has 1 N–H and O–H groups in total. The molecule has 2 aliphatic heterocycles. The Labute approximate surface area is 124 Å². The minimum Gasteiger partial charge on any atom is -0.476 e. The van der Waals surface area contributed by atoms with E-state index in [9.17, 15) is 18.3 Å². The van der Waals surface area contributed by atoms with E-state index in [0.29, 0.717) is 12.8 Å². The summed E-state index contributed by atoms with van der Waals surface area (Å²) in [6.07, 6.45) is 3.09. The average molecular weight is 312 g/mol. The summed E-state index contributed by atoms with van der Waals surface area (Å²) in [7, 11) is -2.92. The highest BCUT2D eigenvalue weighted by molar-refractivity contribution is 7.91. The van der Waals surface area contributed by atoms with Crippen LogP contribution in [0.1, 0.15) is 66.4 Å². The van der Waals surface area contributed by atoms with Gasteiger partial charge >= 0.3 is 5.97 Å². The maximum absolute atomic E-state index is 11.6.